The molecule has 6 N–H and O–H groups in total. The molecule has 5 atom stereocenters. The van der Waals surface area contributed by atoms with E-state index in [-0.39, 0.29) is 0 Å². The van der Waals surface area contributed by atoms with Gasteiger partial charge in [-0.3, -0.25) is 0 Å². The zero-order chi connectivity index (χ0) is 10.7. The molecular formula is C7H15INO5-. The summed E-state index contributed by atoms with van der Waals surface area (Å²) in [4.78, 5) is 0. The minimum atomic E-state index is -1.16. The van der Waals surface area contributed by atoms with E-state index < -0.39 is 58.6 Å². The molecule has 0 saturated carbocycles. The summed E-state index contributed by atoms with van der Waals surface area (Å²) in [5, 5.41) is 37.3. The second-order valence-electron chi connectivity index (χ2n) is 3.20. The van der Waals surface area contributed by atoms with E-state index in [2.05, 4.69) is 0 Å². The molecule has 0 amide bonds. The fourth-order valence-corrected chi connectivity index (χ4v) is 2.97. The Morgan fingerprint density at radius 2 is 1.86 bits per heavy atom. The van der Waals surface area contributed by atoms with Crippen molar-refractivity contribution in [1.29, 1.82) is 0 Å². The summed E-state index contributed by atoms with van der Waals surface area (Å²) < 4.78 is 10.8. The van der Waals surface area contributed by atoms with Crippen LogP contribution in [0.3, 0.4) is 0 Å². The Morgan fingerprint density at radius 3 is 2.36 bits per heavy atom. The van der Waals surface area contributed by atoms with E-state index >= 15 is 0 Å². The molecule has 14 heavy (non-hydrogen) atoms. The monoisotopic (exact) mass is 320 g/mol. The first-order valence-corrected chi connectivity index (χ1v) is 6.97. The number of hydrogen-bond acceptors (Lipinski definition) is 6. The Hall–Kier alpha value is 0.490. The molecule has 0 aliphatic carbocycles. The maximum absolute atomic E-state index is 9.60. The number of ether oxygens (including phenoxy) is 1. The van der Waals surface area contributed by atoms with Gasteiger partial charge in [0.1, 0.15) is 0 Å². The Labute approximate surface area is 92.3 Å². The molecule has 0 bridgehead atoms. The predicted molar refractivity (Wildman–Crippen MR) is 42.5 cm³/mol. The van der Waals surface area contributed by atoms with Gasteiger partial charge in [0.2, 0.25) is 0 Å². The predicted octanol–water partition coefficient (Wildman–Crippen LogP) is -6.00. The summed E-state index contributed by atoms with van der Waals surface area (Å²) in [5.74, 6) is -0.550. The average Bonchev–Trinajstić information content (AvgIpc) is 2.18. The molecule has 0 aromatic rings. The van der Waals surface area contributed by atoms with Crippen molar-refractivity contribution in [2.45, 2.75) is 24.6 Å². The molecule has 0 radical (unpaired) electrons. The van der Waals surface area contributed by atoms with Crippen molar-refractivity contribution in [3.05, 3.63) is 0 Å². The third kappa shape index (κ3) is 2.54. The standard InChI is InChI=1S/C7H15INO5/c9-8-1-3-5(11)6(12)4(2-10)14-7(3)13/h3-7,10-13H,1-2,9H2/q-1/t3-,4-,5-,6-,7-/m1/s1. The summed E-state index contributed by atoms with van der Waals surface area (Å²) in [6.07, 6.45) is -4.33. The number of hydrogen-bond donors (Lipinski definition) is 5. The fraction of sp³-hybridized carbons (Fsp3) is 1.00. The van der Waals surface area contributed by atoms with Crippen molar-refractivity contribution in [3.63, 3.8) is 0 Å². The number of aliphatic hydroxyl groups is 4. The zero-order valence-electron chi connectivity index (χ0n) is 7.45. The van der Waals surface area contributed by atoms with Crippen LogP contribution in [-0.4, -0.2) is 56.1 Å². The van der Waals surface area contributed by atoms with Gasteiger partial charge in [0.25, 0.3) is 0 Å². The second kappa shape index (κ2) is 5.54. The average molecular weight is 320 g/mol. The molecule has 1 fully saturated rings. The van der Waals surface area contributed by atoms with Gasteiger partial charge < -0.3 is 0 Å². The molecule has 0 spiro atoms. The first-order chi connectivity index (χ1) is 6.61. The number of rotatable bonds is 3. The van der Waals surface area contributed by atoms with Crippen molar-refractivity contribution in [2.75, 3.05) is 11.0 Å². The molecule has 1 saturated heterocycles. The van der Waals surface area contributed by atoms with Crippen molar-refractivity contribution >= 4 is 0 Å². The van der Waals surface area contributed by atoms with Crippen LogP contribution in [0.15, 0.2) is 0 Å². The summed E-state index contributed by atoms with van der Waals surface area (Å²) in [7, 11) is 0. The van der Waals surface area contributed by atoms with Gasteiger partial charge in [-0.2, -0.15) is 0 Å². The van der Waals surface area contributed by atoms with Crippen molar-refractivity contribution in [1.82, 2.24) is 0 Å². The van der Waals surface area contributed by atoms with E-state index in [1.165, 1.54) is 0 Å². The molecule has 0 aromatic heterocycles. The van der Waals surface area contributed by atoms with Crippen LogP contribution in [0.2, 0.25) is 0 Å². The molecule has 1 heterocycles. The zero-order valence-corrected chi connectivity index (χ0v) is 9.61. The van der Waals surface area contributed by atoms with Gasteiger partial charge in [-0.1, -0.05) is 0 Å². The van der Waals surface area contributed by atoms with Gasteiger partial charge in [0.15, 0.2) is 0 Å². The second-order valence-corrected chi connectivity index (χ2v) is 4.96. The molecule has 1 rings (SSSR count). The minimum absolute atomic E-state index is 0.431. The molecule has 86 valence electrons. The molecule has 0 unspecified atom stereocenters. The van der Waals surface area contributed by atoms with Crippen molar-refractivity contribution < 1.29 is 46.6 Å². The Balaban J connectivity index is 2.63. The normalized spacial score (nSPS) is 44.2. The number of aliphatic hydroxyl groups excluding tert-OH is 4. The van der Waals surface area contributed by atoms with Gasteiger partial charge in [0.05, 0.1) is 0 Å². The van der Waals surface area contributed by atoms with Crippen molar-refractivity contribution in [2.24, 2.45) is 9.86 Å². The SMILES string of the molecule is N[I-]C[C@@H]1[C@@H](O)[C@H](O)[C@@H](CO)O[C@H]1O. The van der Waals surface area contributed by atoms with Gasteiger partial charge in [-0.05, 0) is 0 Å². The summed E-state index contributed by atoms with van der Waals surface area (Å²) in [6, 6.07) is 0. The van der Waals surface area contributed by atoms with Crippen LogP contribution in [0.4, 0.5) is 0 Å². The topological polar surface area (TPSA) is 116 Å². The molecule has 0 aromatic carbocycles. The van der Waals surface area contributed by atoms with Crippen LogP contribution in [0.5, 0.6) is 0 Å². The number of nitrogens with two attached hydrogens (primary N) is 1. The quantitative estimate of drug-likeness (QED) is 0.201. The molecule has 6 nitrogen and oxygen atoms in total. The van der Waals surface area contributed by atoms with Crippen LogP contribution < -0.4 is 25.4 Å². The van der Waals surface area contributed by atoms with Gasteiger partial charge in [0, 0.05) is 0 Å². The van der Waals surface area contributed by atoms with Crippen LogP contribution in [0.25, 0.3) is 0 Å². The Kier molecular flexibility index (Phi) is 4.97. The van der Waals surface area contributed by atoms with Crippen LogP contribution in [0.1, 0.15) is 0 Å². The van der Waals surface area contributed by atoms with E-state index in [4.69, 9.17) is 13.8 Å². The van der Waals surface area contributed by atoms with E-state index in [9.17, 15) is 15.3 Å². The molecular weight excluding hydrogens is 305 g/mol. The third-order valence-corrected chi connectivity index (χ3v) is 3.82. The third-order valence-electron chi connectivity index (χ3n) is 2.30. The molecule has 1 aliphatic heterocycles. The molecule has 1 aliphatic rings. The maximum atomic E-state index is 9.60. The number of alkyl halides is 1. The van der Waals surface area contributed by atoms with Crippen LogP contribution >= 0.6 is 0 Å². The summed E-state index contributed by atoms with van der Waals surface area (Å²) in [6.45, 7) is -0.431. The van der Waals surface area contributed by atoms with Gasteiger partial charge in [-0.15, -0.1) is 0 Å². The fourth-order valence-electron chi connectivity index (χ4n) is 1.42. The van der Waals surface area contributed by atoms with E-state index in [0.29, 0.717) is 4.43 Å². The van der Waals surface area contributed by atoms with Crippen LogP contribution in [-0.2, 0) is 4.74 Å². The van der Waals surface area contributed by atoms with E-state index in [1.54, 1.807) is 0 Å². The summed E-state index contributed by atoms with van der Waals surface area (Å²) >= 11 is -0.584. The molecule has 7 heteroatoms. The number of halogens is 1. The van der Waals surface area contributed by atoms with Gasteiger partial charge in [-0.25, -0.2) is 0 Å². The summed E-state index contributed by atoms with van der Waals surface area (Å²) in [5.41, 5.74) is 0. The van der Waals surface area contributed by atoms with E-state index in [0.717, 1.165) is 0 Å². The van der Waals surface area contributed by atoms with Crippen LogP contribution in [0, 0.1) is 5.92 Å². The first kappa shape index (κ1) is 12.6. The van der Waals surface area contributed by atoms with Gasteiger partial charge >= 0.3 is 92.1 Å². The Morgan fingerprint density at radius 1 is 1.21 bits per heavy atom. The van der Waals surface area contributed by atoms with Crippen molar-refractivity contribution in [3.8, 4) is 0 Å². The van der Waals surface area contributed by atoms with E-state index in [1.807, 2.05) is 0 Å². The first-order valence-electron chi connectivity index (χ1n) is 4.20. The Bertz CT molecular complexity index is 183.